The Labute approximate surface area is 118 Å². The van der Waals surface area contributed by atoms with E-state index in [4.69, 9.17) is 0 Å². The minimum Gasteiger partial charge on any atom is -0.371 e. The van der Waals surface area contributed by atoms with Gasteiger partial charge >= 0.3 is 0 Å². The Hall–Kier alpha value is -1.02. The van der Waals surface area contributed by atoms with Crippen LogP contribution in [0.2, 0.25) is 0 Å². The van der Waals surface area contributed by atoms with Gasteiger partial charge in [-0.3, -0.25) is 0 Å². The first-order valence-electron chi connectivity index (χ1n) is 7.81. The Kier molecular flexibility index (Phi) is 5.71. The molecular formula is C17H28N2. The number of unbranched alkanes of at least 4 members (excludes halogenated alkanes) is 2. The maximum atomic E-state index is 3.52. The molecule has 19 heavy (non-hydrogen) atoms. The van der Waals surface area contributed by atoms with Crippen molar-refractivity contribution in [2.24, 2.45) is 5.92 Å². The highest BCUT2D eigenvalue weighted by Crippen LogP contribution is 2.27. The lowest BCUT2D eigenvalue weighted by atomic mass is 10.2. The molecule has 1 aromatic rings. The summed E-state index contributed by atoms with van der Waals surface area (Å²) in [5.74, 6) is 0.765. The molecule has 1 aliphatic rings. The summed E-state index contributed by atoms with van der Waals surface area (Å²) in [5, 5.41) is 3.52. The van der Waals surface area contributed by atoms with Crippen LogP contribution in [-0.2, 0) is 6.42 Å². The molecular weight excluding hydrogens is 232 g/mol. The van der Waals surface area contributed by atoms with Crippen molar-refractivity contribution in [3.8, 4) is 0 Å². The topological polar surface area (TPSA) is 15.3 Å². The van der Waals surface area contributed by atoms with Crippen molar-refractivity contribution in [2.45, 2.75) is 39.5 Å². The molecule has 1 aromatic carbocycles. The summed E-state index contributed by atoms with van der Waals surface area (Å²) in [5.41, 5.74) is 3.00. The van der Waals surface area contributed by atoms with Gasteiger partial charge in [0.25, 0.3) is 0 Å². The zero-order chi connectivity index (χ0) is 13.5. The normalized spacial score (nSPS) is 14.2. The summed E-state index contributed by atoms with van der Waals surface area (Å²) in [6.45, 7) is 9.29. The molecule has 1 N–H and O–H groups in total. The van der Waals surface area contributed by atoms with E-state index in [0.29, 0.717) is 0 Å². The van der Waals surface area contributed by atoms with Crippen LogP contribution in [0, 0.1) is 5.92 Å². The van der Waals surface area contributed by atoms with Crippen LogP contribution in [-0.4, -0.2) is 26.2 Å². The number of hydrogen-bond acceptors (Lipinski definition) is 2. The molecule has 0 aromatic heterocycles. The number of nitrogens with one attached hydrogen (secondary N) is 1. The quantitative estimate of drug-likeness (QED) is 0.720. The van der Waals surface area contributed by atoms with Gasteiger partial charge in [0.1, 0.15) is 0 Å². The molecule has 106 valence electrons. The second-order valence-corrected chi connectivity index (χ2v) is 6.02. The molecule has 0 saturated carbocycles. The monoisotopic (exact) mass is 260 g/mol. The van der Waals surface area contributed by atoms with E-state index in [1.807, 2.05) is 0 Å². The first kappa shape index (κ1) is 14.4. The summed E-state index contributed by atoms with van der Waals surface area (Å²) < 4.78 is 0. The highest BCUT2D eigenvalue weighted by molar-refractivity contribution is 5.57. The number of fused-ring (bicyclic) bond motifs is 1. The highest BCUT2D eigenvalue weighted by atomic mass is 15.1. The van der Waals surface area contributed by atoms with E-state index >= 15 is 0 Å². The Bertz CT molecular complexity index is 373. The molecule has 0 spiro atoms. The van der Waals surface area contributed by atoms with E-state index in [-0.39, 0.29) is 0 Å². The number of anilines is 1. The Morgan fingerprint density at radius 2 is 2.00 bits per heavy atom. The molecule has 0 saturated heterocycles. The third kappa shape index (κ3) is 4.54. The largest absolute Gasteiger partial charge is 0.371 e. The van der Waals surface area contributed by atoms with Crippen LogP contribution in [0.25, 0.3) is 0 Å². The molecule has 0 amide bonds. The van der Waals surface area contributed by atoms with Gasteiger partial charge in [0.2, 0.25) is 0 Å². The maximum absolute atomic E-state index is 3.52. The number of rotatable bonds is 8. The second-order valence-electron chi connectivity index (χ2n) is 6.02. The molecule has 0 fully saturated rings. The fraction of sp³-hybridized carbons (Fsp3) is 0.647. The first-order valence-corrected chi connectivity index (χ1v) is 7.81. The average Bonchev–Trinajstić information content (AvgIpc) is 2.81. The molecule has 2 nitrogen and oxygen atoms in total. The molecule has 0 bridgehead atoms. The minimum absolute atomic E-state index is 0.765. The van der Waals surface area contributed by atoms with Crippen LogP contribution in [0.5, 0.6) is 0 Å². The predicted octanol–water partition coefficient (Wildman–Crippen LogP) is 3.47. The van der Waals surface area contributed by atoms with Crippen molar-refractivity contribution in [1.82, 2.24) is 5.32 Å². The fourth-order valence-electron chi connectivity index (χ4n) is 2.76. The van der Waals surface area contributed by atoms with Gasteiger partial charge in [-0.15, -0.1) is 0 Å². The summed E-state index contributed by atoms with van der Waals surface area (Å²) in [4.78, 5) is 2.55. The molecule has 2 rings (SSSR count). The van der Waals surface area contributed by atoms with Crippen molar-refractivity contribution in [1.29, 1.82) is 0 Å². The number of benzene rings is 1. The smallest absolute Gasteiger partial charge is 0.0399 e. The third-order valence-electron chi connectivity index (χ3n) is 3.82. The van der Waals surface area contributed by atoms with Crippen LogP contribution in [0.4, 0.5) is 5.69 Å². The van der Waals surface area contributed by atoms with E-state index in [0.717, 1.165) is 12.5 Å². The van der Waals surface area contributed by atoms with Gasteiger partial charge in [0.15, 0.2) is 0 Å². The van der Waals surface area contributed by atoms with Gasteiger partial charge < -0.3 is 10.2 Å². The highest BCUT2D eigenvalue weighted by Gasteiger charge is 2.16. The summed E-state index contributed by atoms with van der Waals surface area (Å²) in [6.07, 6.45) is 5.19. The number of nitrogens with zero attached hydrogens (tertiary/aromatic N) is 1. The molecule has 0 radical (unpaired) electrons. The Balaban J connectivity index is 1.57. The summed E-state index contributed by atoms with van der Waals surface area (Å²) in [7, 11) is 0. The van der Waals surface area contributed by atoms with Crippen LogP contribution < -0.4 is 10.2 Å². The SMILES string of the molecule is CC(C)CNCCCCCN1CCc2ccccc21. The van der Waals surface area contributed by atoms with Gasteiger partial charge in [-0.2, -0.15) is 0 Å². The molecule has 0 unspecified atom stereocenters. The summed E-state index contributed by atoms with van der Waals surface area (Å²) in [6, 6.07) is 8.85. The molecule has 0 atom stereocenters. The third-order valence-corrected chi connectivity index (χ3v) is 3.82. The van der Waals surface area contributed by atoms with Crippen LogP contribution in [0.3, 0.4) is 0 Å². The lowest BCUT2D eigenvalue weighted by Gasteiger charge is -2.19. The van der Waals surface area contributed by atoms with Crippen molar-refractivity contribution in [3.05, 3.63) is 29.8 Å². The van der Waals surface area contributed by atoms with Crippen molar-refractivity contribution in [3.63, 3.8) is 0 Å². The van der Waals surface area contributed by atoms with Gasteiger partial charge in [-0.25, -0.2) is 0 Å². The van der Waals surface area contributed by atoms with E-state index in [1.54, 1.807) is 0 Å². The van der Waals surface area contributed by atoms with Gasteiger partial charge in [-0.1, -0.05) is 38.5 Å². The molecule has 2 heteroatoms. The van der Waals surface area contributed by atoms with Crippen molar-refractivity contribution >= 4 is 5.69 Å². The lowest BCUT2D eigenvalue weighted by molar-refractivity contribution is 0.529. The first-order chi connectivity index (χ1) is 9.27. The van der Waals surface area contributed by atoms with E-state index in [1.165, 1.54) is 56.6 Å². The number of hydrogen-bond donors (Lipinski definition) is 1. The Morgan fingerprint density at radius 1 is 1.16 bits per heavy atom. The Morgan fingerprint density at radius 3 is 2.84 bits per heavy atom. The van der Waals surface area contributed by atoms with Gasteiger partial charge in [-0.05, 0) is 49.9 Å². The predicted molar refractivity (Wildman–Crippen MR) is 83.9 cm³/mol. The number of para-hydroxylation sites is 1. The van der Waals surface area contributed by atoms with E-state index in [9.17, 15) is 0 Å². The molecule has 1 aliphatic heterocycles. The maximum Gasteiger partial charge on any atom is 0.0399 e. The average molecular weight is 260 g/mol. The van der Waals surface area contributed by atoms with Crippen molar-refractivity contribution in [2.75, 3.05) is 31.1 Å². The van der Waals surface area contributed by atoms with Crippen LogP contribution in [0.1, 0.15) is 38.7 Å². The lowest BCUT2D eigenvalue weighted by Crippen LogP contribution is -2.23. The standard InChI is InChI=1S/C17H28N2/c1-15(2)14-18-11-6-3-7-12-19-13-10-16-8-4-5-9-17(16)19/h4-5,8-9,15,18H,3,6-7,10-14H2,1-2H3. The second kappa shape index (κ2) is 7.54. The zero-order valence-corrected chi connectivity index (χ0v) is 12.5. The minimum atomic E-state index is 0.765. The molecule has 1 heterocycles. The van der Waals surface area contributed by atoms with Gasteiger partial charge in [0, 0.05) is 18.8 Å². The zero-order valence-electron chi connectivity index (χ0n) is 12.5. The van der Waals surface area contributed by atoms with Crippen molar-refractivity contribution < 1.29 is 0 Å². The fourth-order valence-corrected chi connectivity index (χ4v) is 2.76. The van der Waals surface area contributed by atoms with E-state index < -0.39 is 0 Å². The molecule has 0 aliphatic carbocycles. The van der Waals surface area contributed by atoms with E-state index in [2.05, 4.69) is 48.3 Å². The van der Waals surface area contributed by atoms with Crippen LogP contribution >= 0.6 is 0 Å². The van der Waals surface area contributed by atoms with Crippen LogP contribution in [0.15, 0.2) is 24.3 Å². The summed E-state index contributed by atoms with van der Waals surface area (Å²) >= 11 is 0. The van der Waals surface area contributed by atoms with Gasteiger partial charge in [0.05, 0.1) is 0 Å².